The van der Waals surface area contributed by atoms with E-state index in [9.17, 15) is 0 Å². The summed E-state index contributed by atoms with van der Waals surface area (Å²) < 4.78 is 14.4. The molecule has 0 spiro atoms. The lowest BCUT2D eigenvalue weighted by atomic mass is 9.82. The summed E-state index contributed by atoms with van der Waals surface area (Å²) in [5.41, 5.74) is 11.0. The third kappa shape index (κ3) is 3.36. The van der Waals surface area contributed by atoms with Gasteiger partial charge in [0, 0.05) is 16.5 Å². The molecule has 192 valence electrons. The van der Waals surface area contributed by atoms with Gasteiger partial charge in [-0.3, -0.25) is 4.40 Å². The van der Waals surface area contributed by atoms with Crippen molar-refractivity contribution >= 4 is 16.9 Å². The molecule has 0 aliphatic heterocycles. The molecule has 0 fully saturated rings. The quantitative estimate of drug-likeness (QED) is 0.233. The van der Waals surface area contributed by atoms with Gasteiger partial charge in [0.15, 0.2) is 5.58 Å². The van der Waals surface area contributed by atoms with Crippen molar-refractivity contribution in [1.29, 1.82) is 0 Å². The highest BCUT2D eigenvalue weighted by atomic mass is 16.5. The van der Waals surface area contributed by atoms with Crippen LogP contribution < -0.4 is 4.74 Å². The van der Waals surface area contributed by atoms with E-state index in [1.54, 1.807) is 0 Å². The number of ether oxygens (including phenoxy) is 1. The highest BCUT2D eigenvalue weighted by molar-refractivity contribution is 5.90. The number of benzene rings is 5. The van der Waals surface area contributed by atoms with E-state index in [-0.39, 0.29) is 5.41 Å². The van der Waals surface area contributed by atoms with Crippen molar-refractivity contribution in [2.45, 2.75) is 19.3 Å². The Morgan fingerprint density at radius 1 is 0.650 bits per heavy atom. The van der Waals surface area contributed by atoms with Gasteiger partial charge in [-0.15, -0.1) is 0 Å². The Balaban J connectivity index is 1.31. The molecule has 0 radical (unpaired) electrons. The molecule has 0 saturated heterocycles. The summed E-state index contributed by atoms with van der Waals surface area (Å²) in [6.07, 6.45) is 0. The van der Waals surface area contributed by atoms with Crippen LogP contribution in [0.15, 0.2) is 126 Å². The van der Waals surface area contributed by atoms with Crippen LogP contribution in [0.3, 0.4) is 0 Å². The molecule has 1 aliphatic rings. The zero-order chi connectivity index (χ0) is 26.8. The number of oxazole rings is 1. The van der Waals surface area contributed by atoms with Crippen LogP contribution in [-0.4, -0.2) is 9.38 Å². The van der Waals surface area contributed by atoms with E-state index >= 15 is 0 Å². The first-order chi connectivity index (χ1) is 19.6. The molecule has 4 heteroatoms. The van der Waals surface area contributed by atoms with Gasteiger partial charge in [0.1, 0.15) is 17.2 Å². The SMILES string of the molecule is CC1(C)c2ccccc2-c2ccc(-c3c(-c4ccc(Oc5ccccc5)cc4)nc4oc5ccccc5n34)cc21. The van der Waals surface area contributed by atoms with Gasteiger partial charge in [-0.05, 0) is 76.9 Å². The zero-order valence-electron chi connectivity index (χ0n) is 22.3. The Morgan fingerprint density at radius 3 is 2.17 bits per heavy atom. The normalized spacial score (nSPS) is 13.4. The van der Waals surface area contributed by atoms with Crippen LogP contribution in [-0.2, 0) is 5.41 Å². The fourth-order valence-corrected chi connectivity index (χ4v) is 6.14. The van der Waals surface area contributed by atoms with Crippen LogP contribution in [0.2, 0.25) is 0 Å². The first-order valence-electron chi connectivity index (χ1n) is 13.6. The molecule has 4 nitrogen and oxygen atoms in total. The summed E-state index contributed by atoms with van der Waals surface area (Å²) in [5, 5.41) is 0. The number of imidazole rings is 1. The first kappa shape index (κ1) is 22.9. The molecule has 0 unspecified atom stereocenters. The monoisotopic (exact) mass is 518 g/mol. The van der Waals surface area contributed by atoms with Crippen LogP contribution in [0, 0.1) is 0 Å². The molecule has 0 bridgehead atoms. The van der Waals surface area contributed by atoms with E-state index in [0.29, 0.717) is 5.84 Å². The van der Waals surface area contributed by atoms with E-state index < -0.39 is 0 Å². The van der Waals surface area contributed by atoms with Crippen molar-refractivity contribution in [2.24, 2.45) is 0 Å². The minimum Gasteiger partial charge on any atom is -0.457 e. The third-order valence-corrected chi connectivity index (χ3v) is 8.12. The highest BCUT2D eigenvalue weighted by Gasteiger charge is 2.35. The molecule has 2 aromatic heterocycles. The maximum Gasteiger partial charge on any atom is 0.307 e. The lowest BCUT2D eigenvalue weighted by molar-refractivity contribution is 0.483. The molecule has 0 saturated carbocycles. The van der Waals surface area contributed by atoms with Crippen LogP contribution in [0.1, 0.15) is 25.0 Å². The molecule has 8 rings (SSSR count). The van der Waals surface area contributed by atoms with Crippen molar-refractivity contribution < 1.29 is 9.15 Å². The fourth-order valence-electron chi connectivity index (χ4n) is 6.14. The molecule has 0 amide bonds. The average Bonchev–Trinajstić information content (AvgIpc) is 3.61. The highest BCUT2D eigenvalue weighted by Crippen LogP contribution is 2.50. The van der Waals surface area contributed by atoms with Crippen molar-refractivity contribution in [3.8, 4) is 45.1 Å². The second-order valence-electron chi connectivity index (χ2n) is 10.9. The number of hydrogen-bond donors (Lipinski definition) is 0. The molecular weight excluding hydrogens is 492 g/mol. The van der Waals surface area contributed by atoms with Crippen LogP contribution in [0.5, 0.6) is 11.5 Å². The Morgan fingerprint density at radius 2 is 1.32 bits per heavy atom. The summed E-state index contributed by atoms with van der Waals surface area (Å²) in [6.45, 7) is 4.63. The van der Waals surface area contributed by atoms with Gasteiger partial charge in [-0.25, -0.2) is 0 Å². The number of hydrogen-bond acceptors (Lipinski definition) is 3. The number of nitrogens with zero attached hydrogens (tertiary/aromatic N) is 2. The lowest BCUT2D eigenvalue weighted by Crippen LogP contribution is -2.14. The van der Waals surface area contributed by atoms with Gasteiger partial charge < -0.3 is 9.15 Å². The summed E-state index contributed by atoms with van der Waals surface area (Å²) >= 11 is 0. The van der Waals surface area contributed by atoms with Crippen molar-refractivity contribution in [3.63, 3.8) is 0 Å². The first-order valence-corrected chi connectivity index (χ1v) is 13.6. The van der Waals surface area contributed by atoms with Crippen molar-refractivity contribution in [2.75, 3.05) is 0 Å². The van der Waals surface area contributed by atoms with E-state index in [4.69, 9.17) is 14.1 Å². The largest absolute Gasteiger partial charge is 0.457 e. The van der Waals surface area contributed by atoms with Gasteiger partial charge >= 0.3 is 5.84 Å². The number of fused-ring (bicyclic) bond motifs is 6. The minimum atomic E-state index is -0.0964. The molecule has 0 atom stereocenters. The standard InChI is InChI=1S/C36H26N2O2/c1-36(2)29-13-7-6-12-27(29)28-21-18-24(22-30(28)36)34-33(37-35-38(34)31-14-8-9-15-32(31)40-35)23-16-19-26(20-17-23)39-25-10-4-3-5-11-25/h3-22H,1-2H3. The fraction of sp³-hybridized carbons (Fsp3) is 0.0833. The third-order valence-electron chi connectivity index (χ3n) is 8.12. The Labute approximate surface area is 232 Å². The van der Waals surface area contributed by atoms with Crippen molar-refractivity contribution in [3.05, 3.63) is 132 Å². The summed E-state index contributed by atoms with van der Waals surface area (Å²) in [5.74, 6) is 2.17. The summed E-state index contributed by atoms with van der Waals surface area (Å²) in [6, 6.07) is 41.6. The number of para-hydroxylation sites is 3. The lowest BCUT2D eigenvalue weighted by Gasteiger charge is -2.22. The second kappa shape index (κ2) is 8.45. The van der Waals surface area contributed by atoms with Gasteiger partial charge in [-0.2, -0.15) is 4.98 Å². The number of rotatable bonds is 4. The second-order valence-corrected chi connectivity index (χ2v) is 10.9. The Bertz CT molecular complexity index is 2050. The topological polar surface area (TPSA) is 39.7 Å². The maximum absolute atomic E-state index is 6.23. The molecular formula is C36H26N2O2. The smallest absolute Gasteiger partial charge is 0.307 e. The maximum atomic E-state index is 6.23. The predicted molar refractivity (Wildman–Crippen MR) is 160 cm³/mol. The molecule has 1 aliphatic carbocycles. The molecule has 40 heavy (non-hydrogen) atoms. The molecule has 5 aromatic carbocycles. The average molecular weight is 519 g/mol. The van der Waals surface area contributed by atoms with Crippen LogP contribution >= 0.6 is 0 Å². The van der Waals surface area contributed by atoms with Gasteiger partial charge in [0.05, 0.1) is 11.2 Å². The molecule has 0 N–H and O–H groups in total. The van der Waals surface area contributed by atoms with Crippen molar-refractivity contribution in [1.82, 2.24) is 9.38 Å². The van der Waals surface area contributed by atoms with E-state index in [1.165, 1.54) is 22.3 Å². The molecule has 7 aromatic rings. The summed E-state index contributed by atoms with van der Waals surface area (Å²) in [7, 11) is 0. The predicted octanol–water partition coefficient (Wildman–Crippen LogP) is 9.51. The van der Waals surface area contributed by atoms with E-state index in [1.807, 2.05) is 60.7 Å². The van der Waals surface area contributed by atoms with Gasteiger partial charge in [0.2, 0.25) is 0 Å². The van der Waals surface area contributed by atoms with Gasteiger partial charge in [0.25, 0.3) is 0 Å². The van der Waals surface area contributed by atoms with E-state index in [2.05, 4.69) is 78.9 Å². The number of aromatic nitrogens is 2. The van der Waals surface area contributed by atoms with E-state index in [0.717, 1.165) is 45.1 Å². The van der Waals surface area contributed by atoms with Gasteiger partial charge in [-0.1, -0.05) is 80.6 Å². The molecule has 2 heterocycles. The van der Waals surface area contributed by atoms with Crippen LogP contribution in [0.25, 0.3) is 50.6 Å². The summed E-state index contributed by atoms with van der Waals surface area (Å²) in [4.78, 5) is 5.04. The minimum absolute atomic E-state index is 0.0964. The van der Waals surface area contributed by atoms with Crippen LogP contribution in [0.4, 0.5) is 0 Å². The Kier molecular flexibility index (Phi) is 4.83. The zero-order valence-corrected chi connectivity index (χ0v) is 22.3. The Hall–Kier alpha value is -5.09.